The summed E-state index contributed by atoms with van der Waals surface area (Å²) in [4.78, 5) is 14.7. The Hall–Kier alpha value is -1.85. The number of nitrogens with one attached hydrogen (secondary N) is 2. The zero-order valence-corrected chi connectivity index (χ0v) is 10.3. The number of hydrogen-bond donors (Lipinski definition) is 3. The van der Waals surface area contributed by atoms with Crippen LogP contribution in [0.2, 0.25) is 5.15 Å². The molecule has 3 aromatic rings. The van der Waals surface area contributed by atoms with Crippen molar-refractivity contribution in [2.24, 2.45) is 5.73 Å². The van der Waals surface area contributed by atoms with E-state index in [1.54, 1.807) is 6.33 Å². The van der Waals surface area contributed by atoms with Crippen LogP contribution in [-0.4, -0.2) is 26.5 Å². The fraction of sp³-hybridized carbons (Fsp3) is 0.167. The standard InChI is InChI=1S/C12H12ClN5/c13-12-11(17-10(18-12)3-4-14)7-1-2-8-9(5-7)16-6-15-8/h1-2,5-6H,3-4,14H2,(H,15,16)(H,17,18). The summed E-state index contributed by atoms with van der Waals surface area (Å²) in [6, 6.07) is 5.88. The van der Waals surface area contributed by atoms with Crippen molar-refractivity contribution in [3.8, 4) is 11.3 Å². The molecular weight excluding hydrogens is 250 g/mol. The maximum atomic E-state index is 6.16. The van der Waals surface area contributed by atoms with Gasteiger partial charge in [0.2, 0.25) is 0 Å². The van der Waals surface area contributed by atoms with E-state index in [-0.39, 0.29) is 0 Å². The molecule has 4 N–H and O–H groups in total. The van der Waals surface area contributed by atoms with Gasteiger partial charge in [-0.15, -0.1) is 0 Å². The average molecular weight is 262 g/mol. The number of benzene rings is 1. The van der Waals surface area contributed by atoms with E-state index < -0.39 is 0 Å². The van der Waals surface area contributed by atoms with Crippen molar-refractivity contribution >= 4 is 22.6 Å². The lowest BCUT2D eigenvalue weighted by molar-refractivity contribution is 0.895. The lowest BCUT2D eigenvalue weighted by atomic mass is 10.1. The van der Waals surface area contributed by atoms with Crippen LogP contribution in [0.5, 0.6) is 0 Å². The van der Waals surface area contributed by atoms with Gasteiger partial charge in [0.15, 0.2) is 0 Å². The number of aromatic amines is 2. The monoisotopic (exact) mass is 261 g/mol. The molecule has 18 heavy (non-hydrogen) atoms. The summed E-state index contributed by atoms with van der Waals surface area (Å²) in [5.74, 6) is 0.808. The summed E-state index contributed by atoms with van der Waals surface area (Å²) in [6.45, 7) is 0.545. The number of hydrogen-bond acceptors (Lipinski definition) is 3. The number of nitrogens with two attached hydrogens (primary N) is 1. The fourth-order valence-corrected chi connectivity index (χ4v) is 2.19. The molecule has 0 saturated carbocycles. The van der Waals surface area contributed by atoms with Crippen LogP contribution in [0.25, 0.3) is 22.3 Å². The number of rotatable bonds is 3. The molecule has 3 rings (SSSR count). The van der Waals surface area contributed by atoms with Crippen LogP contribution in [0.3, 0.4) is 0 Å². The van der Waals surface area contributed by atoms with Crippen molar-refractivity contribution in [1.82, 2.24) is 19.9 Å². The molecule has 0 bridgehead atoms. The Morgan fingerprint density at radius 3 is 3.06 bits per heavy atom. The number of halogens is 1. The Morgan fingerprint density at radius 2 is 2.22 bits per heavy atom. The first-order chi connectivity index (χ1) is 8.78. The second-order valence-electron chi connectivity index (χ2n) is 4.02. The molecule has 0 spiro atoms. The zero-order chi connectivity index (χ0) is 12.5. The van der Waals surface area contributed by atoms with E-state index in [4.69, 9.17) is 17.3 Å². The lowest BCUT2D eigenvalue weighted by Gasteiger charge is -1.97. The smallest absolute Gasteiger partial charge is 0.134 e. The number of aromatic nitrogens is 4. The largest absolute Gasteiger partial charge is 0.345 e. The molecule has 2 heterocycles. The van der Waals surface area contributed by atoms with Crippen LogP contribution in [0.15, 0.2) is 24.5 Å². The van der Waals surface area contributed by atoms with Gasteiger partial charge >= 0.3 is 0 Å². The summed E-state index contributed by atoms with van der Waals surface area (Å²) in [6.07, 6.45) is 2.35. The molecule has 0 fully saturated rings. The van der Waals surface area contributed by atoms with Gasteiger partial charge in [0, 0.05) is 12.0 Å². The minimum absolute atomic E-state index is 0.539. The van der Waals surface area contributed by atoms with Gasteiger partial charge in [0.05, 0.1) is 17.4 Å². The van der Waals surface area contributed by atoms with Crippen molar-refractivity contribution in [2.45, 2.75) is 6.42 Å². The fourth-order valence-electron chi connectivity index (χ4n) is 1.93. The van der Waals surface area contributed by atoms with Gasteiger partial charge in [-0.25, -0.2) is 9.97 Å². The summed E-state index contributed by atoms with van der Waals surface area (Å²) in [7, 11) is 0. The number of H-pyrrole nitrogens is 2. The lowest BCUT2D eigenvalue weighted by Crippen LogP contribution is -2.03. The molecule has 6 heteroatoms. The Morgan fingerprint density at radius 1 is 1.33 bits per heavy atom. The van der Waals surface area contributed by atoms with Gasteiger partial charge in [-0.1, -0.05) is 17.7 Å². The third-order valence-electron chi connectivity index (χ3n) is 2.78. The van der Waals surface area contributed by atoms with E-state index in [2.05, 4.69) is 19.9 Å². The summed E-state index contributed by atoms with van der Waals surface area (Å²) >= 11 is 6.16. The minimum Gasteiger partial charge on any atom is -0.345 e. The topological polar surface area (TPSA) is 83.4 Å². The number of fused-ring (bicyclic) bond motifs is 1. The third kappa shape index (κ3) is 1.87. The van der Waals surface area contributed by atoms with Gasteiger partial charge in [-0.2, -0.15) is 0 Å². The van der Waals surface area contributed by atoms with Crippen LogP contribution < -0.4 is 5.73 Å². The van der Waals surface area contributed by atoms with Gasteiger partial charge in [-0.3, -0.25) is 0 Å². The average Bonchev–Trinajstić information content (AvgIpc) is 2.95. The van der Waals surface area contributed by atoms with Gasteiger partial charge in [0.1, 0.15) is 16.7 Å². The maximum Gasteiger partial charge on any atom is 0.134 e. The molecular formula is C12H12ClN5. The molecule has 5 nitrogen and oxygen atoms in total. The van der Waals surface area contributed by atoms with E-state index >= 15 is 0 Å². The number of nitrogens with zero attached hydrogens (tertiary/aromatic N) is 2. The van der Waals surface area contributed by atoms with Crippen LogP contribution in [-0.2, 0) is 6.42 Å². The second-order valence-corrected chi connectivity index (χ2v) is 4.40. The Bertz CT molecular complexity index is 685. The molecule has 2 aromatic heterocycles. The molecule has 0 saturated heterocycles. The highest BCUT2D eigenvalue weighted by Crippen LogP contribution is 2.27. The van der Waals surface area contributed by atoms with Crippen LogP contribution in [0, 0.1) is 0 Å². The molecule has 0 aliphatic carbocycles. The van der Waals surface area contributed by atoms with Crippen LogP contribution in [0.4, 0.5) is 0 Å². The van der Waals surface area contributed by atoms with Crippen LogP contribution in [0.1, 0.15) is 5.82 Å². The molecule has 0 amide bonds. The summed E-state index contributed by atoms with van der Waals surface area (Å²) < 4.78 is 0. The van der Waals surface area contributed by atoms with E-state index in [9.17, 15) is 0 Å². The second kappa shape index (κ2) is 4.44. The van der Waals surface area contributed by atoms with Gasteiger partial charge in [-0.05, 0) is 18.7 Å². The normalized spacial score (nSPS) is 11.2. The predicted octanol–water partition coefficient (Wildman–Crippen LogP) is 2.11. The number of imidazole rings is 2. The van der Waals surface area contributed by atoms with Crippen LogP contribution >= 0.6 is 11.6 Å². The first-order valence-electron chi connectivity index (χ1n) is 5.66. The highest BCUT2D eigenvalue weighted by molar-refractivity contribution is 6.32. The Kier molecular flexibility index (Phi) is 2.77. The van der Waals surface area contributed by atoms with E-state index in [0.717, 1.165) is 28.1 Å². The van der Waals surface area contributed by atoms with E-state index in [1.165, 1.54) is 0 Å². The highest BCUT2D eigenvalue weighted by Gasteiger charge is 2.11. The molecule has 0 radical (unpaired) electrons. The predicted molar refractivity (Wildman–Crippen MR) is 71.4 cm³/mol. The highest BCUT2D eigenvalue weighted by atomic mass is 35.5. The van der Waals surface area contributed by atoms with Crippen molar-refractivity contribution < 1.29 is 0 Å². The SMILES string of the molecule is NCCc1nc(-c2ccc3nc[nH]c3c2)c(Cl)[nH]1. The third-order valence-corrected chi connectivity index (χ3v) is 3.06. The van der Waals surface area contributed by atoms with Crippen molar-refractivity contribution in [2.75, 3.05) is 6.54 Å². The first-order valence-corrected chi connectivity index (χ1v) is 6.03. The van der Waals surface area contributed by atoms with Crippen molar-refractivity contribution in [3.05, 3.63) is 35.5 Å². The minimum atomic E-state index is 0.539. The molecule has 92 valence electrons. The quantitative estimate of drug-likeness (QED) is 0.675. The molecule has 0 unspecified atom stereocenters. The molecule has 0 atom stereocenters. The van der Waals surface area contributed by atoms with E-state index in [1.807, 2.05) is 18.2 Å². The maximum absolute atomic E-state index is 6.16. The molecule has 1 aromatic carbocycles. The first kappa shape index (κ1) is 11.3. The Balaban J connectivity index is 2.07. The van der Waals surface area contributed by atoms with Gasteiger partial charge in [0.25, 0.3) is 0 Å². The molecule has 0 aliphatic rings. The zero-order valence-electron chi connectivity index (χ0n) is 9.57. The molecule has 0 aliphatic heterocycles. The summed E-state index contributed by atoms with van der Waals surface area (Å²) in [5.41, 5.74) is 9.09. The van der Waals surface area contributed by atoms with Crippen molar-refractivity contribution in [1.29, 1.82) is 0 Å². The summed E-state index contributed by atoms with van der Waals surface area (Å²) in [5, 5.41) is 0.539. The van der Waals surface area contributed by atoms with E-state index in [0.29, 0.717) is 18.1 Å². The van der Waals surface area contributed by atoms with Crippen molar-refractivity contribution in [3.63, 3.8) is 0 Å². The van der Waals surface area contributed by atoms with Gasteiger partial charge < -0.3 is 15.7 Å². The Labute approximate surface area is 108 Å².